The van der Waals surface area contributed by atoms with Crippen molar-refractivity contribution in [3.05, 3.63) is 182 Å². The van der Waals surface area contributed by atoms with E-state index in [1.165, 1.54) is 108 Å². The van der Waals surface area contributed by atoms with Gasteiger partial charge in [0.2, 0.25) is 0 Å². The molecule has 0 fully saturated rings. The van der Waals surface area contributed by atoms with E-state index in [-0.39, 0.29) is 0 Å². The predicted molar refractivity (Wildman–Crippen MR) is 217 cm³/mol. The van der Waals surface area contributed by atoms with Crippen LogP contribution >= 0.6 is 0 Å². The lowest BCUT2D eigenvalue weighted by Gasteiger charge is -2.20. The molecule has 0 unspecified atom stereocenters. The smallest absolute Gasteiger partial charge is 0.00199 e. The van der Waals surface area contributed by atoms with E-state index in [1.54, 1.807) is 0 Å². The molecule has 0 atom stereocenters. The molecule has 0 aliphatic heterocycles. The lowest BCUT2D eigenvalue weighted by Crippen LogP contribution is -1.92. The first kappa shape index (κ1) is 27.5. The molecule has 0 radical (unpaired) electrons. The first-order valence-corrected chi connectivity index (χ1v) is 17.4. The van der Waals surface area contributed by atoms with Gasteiger partial charge in [-0.15, -0.1) is 0 Å². The van der Waals surface area contributed by atoms with Gasteiger partial charge in [-0.25, -0.2) is 0 Å². The van der Waals surface area contributed by atoms with E-state index >= 15 is 0 Å². The SMILES string of the molecule is c1ccc2cc3c(ccc4cc(-c5c6ccccc6c(-c6cc7cc8ccccc8cc7c7ccccc67)c6ccccc56)ccc43)cc2c1. The zero-order chi connectivity index (χ0) is 32.8. The molecule has 0 heterocycles. The fourth-order valence-corrected chi connectivity index (χ4v) is 8.64. The van der Waals surface area contributed by atoms with Crippen LogP contribution in [0.2, 0.25) is 0 Å². The number of benzene rings is 11. The summed E-state index contributed by atoms with van der Waals surface area (Å²) < 4.78 is 0. The van der Waals surface area contributed by atoms with Gasteiger partial charge in [-0.3, -0.25) is 0 Å². The van der Waals surface area contributed by atoms with Crippen LogP contribution in [0, 0.1) is 0 Å². The molecule has 0 amide bonds. The van der Waals surface area contributed by atoms with Gasteiger partial charge >= 0.3 is 0 Å². The standard InChI is InChI=1S/C50H30/c1-3-13-33-28-46-36(25-31(33)11-1)22-21-35-27-37(23-24-39(35)46)49-42-17-7-9-19-44(42)50(45-20-10-8-18-43(45)49)48-30-38-26-32-12-2-4-14-34(32)29-47(38)40-15-5-6-16-41(40)48/h1-30H. The van der Waals surface area contributed by atoms with Crippen LogP contribution in [0.5, 0.6) is 0 Å². The minimum Gasteiger partial charge on any atom is -0.0616 e. The Labute approximate surface area is 289 Å². The Balaban J connectivity index is 1.21. The van der Waals surface area contributed by atoms with Crippen molar-refractivity contribution < 1.29 is 0 Å². The maximum absolute atomic E-state index is 2.43. The topological polar surface area (TPSA) is 0 Å². The summed E-state index contributed by atoms with van der Waals surface area (Å²) in [7, 11) is 0. The van der Waals surface area contributed by atoms with Crippen molar-refractivity contribution in [2.45, 2.75) is 0 Å². The van der Waals surface area contributed by atoms with Gasteiger partial charge in [0, 0.05) is 0 Å². The Kier molecular flexibility index (Phi) is 5.76. The lowest BCUT2D eigenvalue weighted by molar-refractivity contribution is 1.70. The van der Waals surface area contributed by atoms with E-state index in [1.807, 2.05) is 0 Å². The Hall–Kier alpha value is -6.50. The van der Waals surface area contributed by atoms with Crippen molar-refractivity contribution in [1.82, 2.24) is 0 Å². The minimum absolute atomic E-state index is 1.24. The zero-order valence-electron chi connectivity index (χ0n) is 27.3. The minimum atomic E-state index is 1.24. The summed E-state index contributed by atoms with van der Waals surface area (Å²) in [5, 5.41) is 20.5. The first-order valence-electron chi connectivity index (χ1n) is 17.4. The molecule has 0 aromatic heterocycles. The second kappa shape index (κ2) is 10.5. The highest BCUT2D eigenvalue weighted by Gasteiger charge is 2.19. The third-order valence-corrected chi connectivity index (χ3v) is 10.9. The molecular weight excluding hydrogens is 601 g/mol. The molecule has 0 heteroatoms. The lowest BCUT2D eigenvalue weighted by atomic mass is 9.83. The van der Waals surface area contributed by atoms with E-state index in [9.17, 15) is 0 Å². The summed E-state index contributed by atoms with van der Waals surface area (Å²) in [5.41, 5.74) is 5.10. The molecule has 0 nitrogen and oxygen atoms in total. The molecule has 11 aromatic rings. The van der Waals surface area contributed by atoms with E-state index in [0.29, 0.717) is 0 Å². The summed E-state index contributed by atoms with van der Waals surface area (Å²) in [5.74, 6) is 0. The molecule has 0 aliphatic rings. The average molecular weight is 631 g/mol. The van der Waals surface area contributed by atoms with Crippen LogP contribution in [0.3, 0.4) is 0 Å². The normalized spacial score (nSPS) is 12.0. The fourth-order valence-electron chi connectivity index (χ4n) is 8.64. The van der Waals surface area contributed by atoms with Crippen molar-refractivity contribution in [1.29, 1.82) is 0 Å². The van der Waals surface area contributed by atoms with Gasteiger partial charge in [0.05, 0.1) is 0 Å². The van der Waals surface area contributed by atoms with E-state index in [2.05, 4.69) is 182 Å². The number of rotatable bonds is 2. The second-order valence-electron chi connectivity index (χ2n) is 13.7. The highest BCUT2D eigenvalue weighted by molar-refractivity contribution is 6.27. The van der Waals surface area contributed by atoms with Crippen molar-refractivity contribution in [3.8, 4) is 22.3 Å². The molecule has 230 valence electrons. The summed E-state index contributed by atoms with van der Waals surface area (Å²) in [6, 6.07) is 67.8. The van der Waals surface area contributed by atoms with Gasteiger partial charge in [-0.1, -0.05) is 146 Å². The number of hydrogen-bond acceptors (Lipinski definition) is 0. The van der Waals surface area contributed by atoms with Gasteiger partial charge in [-0.2, -0.15) is 0 Å². The monoisotopic (exact) mass is 630 g/mol. The van der Waals surface area contributed by atoms with Crippen molar-refractivity contribution in [3.63, 3.8) is 0 Å². The summed E-state index contributed by atoms with van der Waals surface area (Å²) in [6.45, 7) is 0. The second-order valence-corrected chi connectivity index (χ2v) is 13.7. The van der Waals surface area contributed by atoms with Crippen LogP contribution in [-0.2, 0) is 0 Å². The van der Waals surface area contributed by atoms with E-state index < -0.39 is 0 Å². The van der Waals surface area contributed by atoms with Crippen LogP contribution in [-0.4, -0.2) is 0 Å². The van der Waals surface area contributed by atoms with Crippen molar-refractivity contribution in [2.75, 3.05) is 0 Å². The molecule has 0 bridgehead atoms. The Morgan fingerprint density at radius 1 is 0.200 bits per heavy atom. The quantitative estimate of drug-likeness (QED) is 0.132. The molecule has 0 spiro atoms. The molecule has 11 rings (SSSR count). The Morgan fingerprint density at radius 2 is 0.640 bits per heavy atom. The summed E-state index contributed by atoms with van der Waals surface area (Å²) in [6.07, 6.45) is 0. The highest BCUT2D eigenvalue weighted by atomic mass is 14.2. The molecule has 11 aromatic carbocycles. The van der Waals surface area contributed by atoms with Crippen LogP contribution in [0.4, 0.5) is 0 Å². The molecular formula is C50H30. The fraction of sp³-hybridized carbons (Fsp3) is 0. The summed E-state index contributed by atoms with van der Waals surface area (Å²) >= 11 is 0. The van der Waals surface area contributed by atoms with Crippen molar-refractivity contribution in [2.24, 2.45) is 0 Å². The largest absolute Gasteiger partial charge is 0.0616 e. The zero-order valence-corrected chi connectivity index (χ0v) is 27.3. The predicted octanol–water partition coefficient (Wildman–Crippen LogP) is 14.2. The van der Waals surface area contributed by atoms with Crippen LogP contribution in [0.1, 0.15) is 0 Å². The molecule has 0 saturated heterocycles. The maximum Gasteiger partial charge on any atom is -0.00199 e. The number of fused-ring (bicyclic) bond motifs is 10. The highest BCUT2D eigenvalue weighted by Crippen LogP contribution is 2.47. The van der Waals surface area contributed by atoms with Gasteiger partial charge in [-0.05, 0) is 145 Å². The molecule has 0 N–H and O–H groups in total. The van der Waals surface area contributed by atoms with E-state index in [4.69, 9.17) is 0 Å². The third-order valence-electron chi connectivity index (χ3n) is 10.9. The molecule has 0 aliphatic carbocycles. The van der Waals surface area contributed by atoms with Crippen LogP contribution in [0.15, 0.2) is 182 Å². The van der Waals surface area contributed by atoms with Crippen LogP contribution < -0.4 is 0 Å². The maximum atomic E-state index is 2.43. The third kappa shape index (κ3) is 4.00. The van der Waals surface area contributed by atoms with Gasteiger partial charge in [0.15, 0.2) is 0 Å². The Bertz CT molecular complexity index is 3140. The van der Waals surface area contributed by atoms with Gasteiger partial charge in [0.25, 0.3) is 0 Å². The van der Waals surface area contributed by atoms with Gasteiger partial charge in [0.1, 0.15) is 0 Å². The van der Waals surface area contributed by atoms with Crippen LogP contribution in [0.25, 0.3) is 108 Å². The van der Waals surface area contributed by atoms with Crippen molar-refractivity contribution >= 4 is 86.2 Å². The average Bonchev–Trinajstić information content (AvgIpc) is 3.18. The number of hydrogen-bond donors (Lipinski definition) is 0. The summed E-state index contributed by atoms with van der Waals surface area (Å²) in [4.78, 5) is 0. The first-order chi connectivity index (χ1) is 24.8. The Morgan fingerprint density at radius 3 is 1.24 bits per heavy atom. The van der Waals surface area contributed by atoms with E-state index in [0.717, 1.165) is 0 Å². The molecule has 50 heavy (non-hydrogen) atoms. The molecule has 0 saturated carbocycles. The van der Waals surface area contributed by atoms with Gasteiger partial charge < -0.3 is 0 Å².